The monoisotopic (exact) mass is 346 g/mol. The number of benzene rings is 2. The number of aryl methyl sites for hydroxylation is 2. The first-order valence-corrected chi connectivity index (χ1v) is 9.19. The van der Waals surface area contributed by atoms with Crippen LogP contribution >= 0.6 is 0 Å². The van der Waals surface area contributed by atoms with Gasteiger partial charge >= 0.3 is 0 Å². The fourth-order valence-electron chi connectivity index (χ4n) is 2.35. The smallest absolute Gasteiger partial charge is 0.240 e. The van der Waals surface area contributed by atoms with Crippen molar-refractivity contribution in [2.45, 2.75) is 25.7 Å². The number of anilines is 1. The minimum absolute atomic E-state index is 0.131. The Morgan fingerprint density at radius 1 is 1.04 bits per heavy atom. The van der Waals surface area contributed by atoms with E-state index in [0.717, 1.165) is 16.8 Å². The highest BCUT2D eigenvalue weighted by Gasteiger charge is 2.16. The molecule has 2 aromatic rings. The van der Waals surface area contributed by atoms with E-state index in [2.05, 4.69) is 4.72 Å². The standard InChI is InChI=1S/C18H22N2O3S/c1-14-7-9-17(10-8-14)20(16(3)21)12-11-19-24(22,23)18-6-4-5-15(2)13-18/h4-10,13,19H,11-12H2,1-3H3. The van der Waals surface area contributed by atoms with Gasteiger partial charge in [0.05, 0.1) is 4.90 Å². The average molecular weight is 346 g/mol. The molecule has 0 saturated heterocycles. The lowest BCUT2D eigenvalue weighted by molar-refractivity contribution is -0.116. The van der Waals surface area contributed by atoms with Crippen LogP contribution in [0.25, 0.3) is 0 Å². The SMILES string of the molecule is CC(=O)N(CCNS(=O)(=O)c1cccc(C)c1)c1ccc(C)cc1. The number of carbonyl (C=O) groups excluding carboxylic acids is 1. The molecule has 0 aliphatic heterocycles. The van der Waals surface area contributed by atoms with Crippen LogP contribution in [0, 0.1) is 13.8 Å². The lowest BCUT2D eigenvalue weighted by atomic mass is 10.2. The number of sulfonamides is 1. The van der Waals surface area contributed by atoms with E-state index in [1.165, 1.54) is 6.92 Å². The van der Waals surface area contributed by atoms with Gasteiger partial charge in [0.1, 0.15) is 0 Å². The van der Waals surface area contributed by atoms with E-state index in [1.807, 2.05) is 44.2 Å². The van der Waals surface area contributed by atoms with Crippen molar-refractivity contribution in [3.05, 3.63) is 59.7 Å². The molecule has 5 nitrogen and oxygen atoms in total. The zero-order valence-electron chi connectivity index (χ0n) is 14.1. The van der Waals surface area contributed by atoms with Gasteiger partial charge in [-0.3, -0.25) is 4.79 Å². The zero-order valence-corrected chi connectivity index (χ0v) is 14.9. The Morgan fingerprint density at radius 3 is 2.29 bits per heavy atom. The second-order valence-electron chi connectivity index (χ2n) is 5.72. The summed E-state index contributed by atoms with van der Waals surface area (Å²) in [6, 6.07) is 14.3. The third-order valence-electron chi connectivity index (χ3n) is 3.65. The minimum atomic E-state index is -3.58. The van der Waals surface area contributed by atoms with Crippen molar-refractivity contribution in [2.75, 3.05) is 18.0 Å². The predicted molar refractivity (Wildman–Crippen MR) is 95.6 cm³/mol. The molecular weight excluding hydrogens is 324 g/mol. The van der Waals surface area contributed by atoms with Gasteiger partial charge in [0, 0.05) is 25.7 Å². The Morgan fingerprint density at radius 2 is 1.71 bits per heavy atom. The lowest BCUT2D eigenvalue weighted by Gasteiger charge is -2.21. The molecule has 0 spiro atoms. The predicted octanol–water partition coefficient (Wildman–Crippen LogP) is 2.63. The Balaban J connectivity index is 2.05. The lowest BCUT2D eigenvalue weighted by Crippen LogP contribution is -2.37. The molecule has 1 N–H and O–H groups in total. The minimum Gasteiger partial charge on any atom is -0.311 e. The molecule has 128 valence electrons. The molecule has 0 unspecified atom stereocenters. The molecule has 0 atom stereocenters. The Labute approximate surface area is 143 Å². The quantitative estimate of drug-likeness (QED) is 0.874. The van der Waals surface area contributed by atoms with Crippen LogP contribution in [0.5, 0.6) is 0 Å². The van der Waals surface area contributed by atoms with Gasteiger partial charge in [-0.15, -0.1) is 0 Å². The van der Waals surface area contributed by atoms with Crippen molar-refractivity contribution >= 4 is 21.6 Å². The van der Waals surface area contributed by atoms with Crippen LogP contribution in [0.4, 0.5) is 5.69 Å². The largest absolute Gasteiger partial charge is 0.311 e. The third kappa shape index (κ3) is 4.66. The Bertz CT molecular complexity index is 814. The summed E-state index contributed by atoms with van der Waals surface area (Å²) >= 11 is 0. The molecule has 0 bridgehead atoms. The molecule has 1 amide bonds. The molecule has 0 aliphatic rings. The van der Waals surface area contributed by atoms with Crippen molar-refractivity contribution in [3.63, 3.8) is 0 Å². The average Bonchev–Trinajstić information content (AvgIpc) is 2.52. The van der Waals surface area contributed by atoms with Crippen LogP contribution in [-0.2, 0) is 14.8 Å². The van der Waals surface area contributed by atoms with Gasteiger partial charge in [-0.2, -0.15) is 0 Å². The topological polar surface area (TPSA) is 66.5 Å². The van der Waals surface area contributed by atoms with E-state index in [9.17, 15) is 13.2 Å². The maximum Gasteiger partial charge on any atom is 0.240 e. The molecule has 2 aromatic carbocycles. The summed E-state index contributed by atoms with van der Waals surface area (Å²) in [5.41, 5.74) is 2.73. The summed E-state index contributed by atoms with van der Waals surface area (Å²) < 4.78 is 27.2. The van der Waals surface area contributed by atoms with Gasteiger partial charge in [-0.25, -0.2) is 13.1 Å². The molecule has 0 aliphatic carbocycles. The van der Waals surface area contributed by atoms with Crippen molar-refractivity contribution in [1.82, 2.24) is 4.72 Å². The van der Waals surface area contributed by atoms with Crippen LogP contribution < -0.4 is 9.62 Å². The van der Waals surface area contributed by atoms with E-state index in [1.54, 1.807) is 23.1 Å². The molecule has 0 saturated carbocycles. The first kappa shape index (κ1) is 18.2. The molecule has 0 radical (unpaired) electrons. The zero-order chi connectivity index (χ0) is 17.7. The van der Waals surface area contributed by atoms with E-state index < -0.39 is 10.0 Å². The van der Waals surface area contributed by atoms with E-state index >= 15 is 0 Å². The van der Waals surface area contributed by atoms with Crippen molar-refractivity contribution in [1.29, 1.82) is 0 Å². The summed E-state index contributed by atoms with van der Waals surface area (Å²) in [5.74, 6) is -0.131. The van der Waals surface area contributed by atoms with Crippen molar-refractivity contribution in [2.24, 2.45) is 0 Å². The van der Waals surface area contributed by atoms with Gasteiger partial charge in [-0.1, -0.05) is 29.8 Å². The van der Waals surface area contributed by atoms with E-state index in [0.29, 0.717) is 0 Å². The van der Waals surface area contributed by atoms with Crippen LogP contribution in [0.3, 0.4) is 0 Å². The molecule has 6 heteroatoms. The van der Waals surface area contributed by atoms with Crippen LogP contribution in [0.2, 0.25) is 0 Å². The first-order chi connectivity index (χ1) is 11.3. The molecule has 0 fully saturated rings. The molecule has 0 heterocycles. The molecule has 0 aromatic heterocycles. The van der Waals surface area contributed by atoms with Gasteiger partial charge < -0.3 is 4.90 Å². The van der Waals surface area contributed by atoms with E-state index in [-0.39, 0.29) is 23.9 Å². The number of nitrogens with one attached hydrogen (secondary N) is 1. The second kappa shape index (κ2) is 7.59. The highest BCUT2D eigenvalue weighted by Crippen LogP contribution is 2.15. The third-order valence-corrected chi connectivity index (χ3v) is 5.11. The van der Waals surface area contributed by atoms with Gasteiger partial charge in [0.15, 0.2) is 0 Å². The fourth-order valence-corrected chi connectivity index (χ4v) is 3.48. The Hall–Kier alpha value is -2.18. The van der Waals surface area contributed by atoms with Gasteiger partial charge in [0.25, 0.3) is 0 Å². The highest BCUT2D eigenvalue weighted by molar-refractivity contribution is 7.89. The number of amides is 1. The number of rotatable bonds is 6. The molecule has 2 rings (SSSR count). The fraction of sp³-hybridized carbons (Fsp3) is 0.278. The first-order valence-electron chi connectivity index (χ1n) is 7.71. The summed E-state index contributed by atoms with van der Waals surface area (Å²) in [6.45, 7) is 5.69. The van der Waals surface area contributed by atoms with Crippen LogP contribution in [0.15, 0.2) is 53.4 Å². The molecule has 24 heavy (non-hydrogen) atoms. The number of carbonyl (C=O) groups is 1. The van der Waals surface area contributed by atoms with Crippen LogP contribution in [0.1, 0.15) is 18.1 Å². The van der Waals surface area contributed by atoms with Gasteiger partial charge in [-0.05, 0) is 43.7 Å². The summed E-state index contributed by atoms with van der Waals surface area (Å²) in [4.78, 5) is 13.6. The van der Waals surface area contributed by atoms with Crippen LogP contribution in [-0.4, -0.2) is 27.4 Å². The van der Waals surface area contributed by atoms with Crippen molar-refractivity contribution in [3.8, 4) is 0 Å². The van der Waals surface area contributed by atoms with E-state index in [4.69, 9.17) is 0 Å². The highest BCUT2D eigenvalue weighted by atomic mass is 32.2. The second-order valence-corrected chi connectivity index (χ2v) is 7.49. The van der Waals surface area contributed by atoms with Crippen molar-refractivity contribution < 1.29 is 13.2 Å². The maximum absolute atomic E-state index is 12.3. The summed E-state index contributed by atoms with van der Waals surface area (Å²) in [5, 5.41) is 0. The Kier molecular flexibility index (Phi) is 5.75. The molecular formula is C18H22N2O3S. The van der Waals surface area contributed by atoms with Gasteiger partial charge in [0.2, 0.25) is 15.9 Å². The summed E-state index contributed by atoms with van der Waals surface area (Å²) in [7, 11) is -3.58. The number of nitrogens with zero attached hydrogens (tertiary/aromatic N) is 1. The summed E-state index contributed by atoms with van der Waals surface area (Å²) in [6.07, 6.45) is 0. The number of hydrogen-bond donors (Lipinski definition) is 1. The normalized spacial score (nSPS) is 11.3. The number of hydrogen-bond acceptors (Lipinski definition) is 3. The maximum atomic E-state index is 12.3.